The number of hydrogen-bond donors (Lipinski definition) is 2. The summed E-state index contributed by atoms with van der Waals surface area (Å²) in [5.41, 5.74) is 4.58. The fourth-order valence-electron chi connectivity index (χ4n) is 4.80. The van der Waals surface area contributed by atoms with Crippen LogP contribution in [0.4, 0.5) is 11.4 Å². The molecule has 202 valence electrons. The van der Waals surface area contributed by atoms with Gasteiger partial charge >= 0.3 is 5.97 Å². The predicted molar refractivity (Wildman–Crippen MR) is 154 cm³/mol. The first-order valence-corrected chi connectivity index (χ1v) is 13.1. The number of aromatic hydroxyl groups is 1. The lowest BCUT2D eigenvalue weighted by atomic mass is 10.0. The van der Waals surface area contributed by atoms with E-state index in [9.17, 15) is 9.90 Å². The molecule has 4 aromatic rings. The van der Waals surface area contributed by atoms with Gasteiger partial charge < -0.3 is 24.6 Å². The molecule has 0 unspecified atom stereocenters. The van der Waals surface area contributed by atoms with Crippen LogP contribution in [0, 0.1) is 0 Å². The zero-order valence-electron chi connectivity index (χ0n) is 22.6. The number of piperazine rings is 1. The maximum atomic E-state index is 12.0. The first-order chi connectivity index (χ1) is 18.9. The van der Waals surface area contributed by atoms with Gasteiger partial charge in [-0.15, -0.1) is 0 Å². The molecule has 0 aliphatic carbocycles. The van der Waals surface area contributed by atoms with Gasteiger partial charge in [0.2, 0.25) is 0 Å². The van der Waals surface area contributed by atoms with Crippen LogP contribution in [-0.4, -0.2) is 97.0 Å². The number of methoxy groups -OCH3 is 1. The number of carbonyl (C=O) groups is 1. The number of pyridine rings is 1. The molecule has 1 saturated heterocycles. The lowest BCUT2D eigenvalue weighted by Crippen LogP contribution is -2.46. The first kappa shape index (κ1) is 26.4. The van der Waals surface area contributed by atoms with Gasteiger partial charge in [-0.3, -0.25) is 4.90 Å². The Morgan fingerprint density at radius 2 is 1.82 bits per heavy atom. The van der Waals surface area contributed by atoms with Crippen LogP contribution in [0.3, 0.4) is 0 Å². The van der Waals surface area contributed by atoms with E-state index >= 15 is 0 Å². The van der Waals surface area contributed by atoms with E-state index < -0.39 is 5.97 Å². The number of rotatable bonds is 8. The molecule has 39 heavy (non-hydrogen) atoms. The third-order valence-electron chi connectivity index (χ3n) is 7.22. The Morgan fingerprint density at radius 3 is 2.51 bits per heavy atom. The van der Waals surface area contributed by atoms with Crippen LogP contribution in [0.25, 0.3) is 10.9 Å². The third-order valence-corrected chi connectivity index (χ3v) is 7.22. The van der Waals surface area contributed by atoms with Gasteiger partial charge in [0, 0.05) is 69.2 Å². The van der Waals surface area contributed by atoms with Gasteiger partial charge in [0.05, 0.1) is 29.6 Å². The molecule has 0 saturated carbocycles. The number of benzene rings is 2. The van der Waals surface area contributed by atoms with Crippen molar-refractivity contribution in [2.24, 2.45) is 4.99 Å². The number of aliphatic imine (C=N–C) groups is 1. The van der Waals surface area contributed by atoms with Crippen molar-refractivity contribution in [1.29, 1.82) is 0 Å². The van der Waals surface area contributed by atoms with Gasteiger partial charge in [0.1, 0.15) is 5.69 Å². The van der Waals surface area contributed by atoms with E-state index in [2.05, 4.69) is 50.9 Å². The second-order valence-corrected chi connectivity index (χ2v) is 9.86. The quantitative estimate of drug-likeness (QED) is 0.265. The van der Waals surface area contributed by atoms with E-state index in [-0.39, 0.29) is 11.6 Å². The van der Waals surface area contributed by atoms with Gasteiger partial charge in [-0.1, -0.05) is 30.3 Å². The number of fused-ring (bicyclic) bond motifs is 1. The normalized spacial score (nSPS) is 15.0. The summed E-state index contributed by atoms with van der Waals surface area (Å²) in [5, 5.41) is 11.6. The summed E-state index contributed by atoms with van der Waals surface area (Å²) in [4.78, 5) is 31.3. The van der Waals surface area contributed by atoms with Gasteiger partial charge in [-0.25, -0.2) is 14.8 Å². The van der Waals surface area contributed by atoms with Gasteiger partial charge in [0.25, 0.3) is 0 Å². The largest absolute Gasteiger partial charge is 0.494 e. The molecule has 2 aromatic carbocycles. The molecule has 2 aromatic heterocycles. The average Bonchev–Trinajstić information content (AvgIpc) is 3.30. The van der Waals surface area contributed by atoms with Crippen LogP contribution in [0.5, 0.6) is 5.88 Å². The molecular weight excluding hydrogens is 492 g/mol. The Kier molecular flexibility index (Phi) is 7.90. The van der Waals surface area contributed by atoms with Crippen LogP contribution in [-0.2, 0) is 4.74 Å². The Labute approximate surface area is 228 Å². The van der Waals surface area contributed by atoms with Crippen molar-refractivity contribution >= 4 is 34.0 Å². The van der Waals surface area contributed by atoms with Crippen molar-refractivity contribution < 1.29 is 14.6 Å². The van der Waals surface area contributed by atoms with E-state index in [4.69, 9.17) is 9.73 Å². The molecule has 2 N–H and O–H groups in total. The summed E-state index contributed by atoms with van der Waals surface area (Å²) in [6.45, 7) is 6.45. The smallest absolute Gasteiger partial charge is 0.356 e. The minimum absolute atomic E-state index is 0.0447. The number of aromatic amines is 1. The van der Waals surface area contributed by atoms with E-state index in [0.717, 1.165) is 56.2 Å². The molecule has 3 heterocycles. The van der Waals surface area contributed by atoms with Crippen molar-refractivity contribution in [3.63, 3.8) is 0 Å². The molecule has 9 nitrogen and oxygen atoms in total. The minimum Gasteiger partial charge on any atom is -0.494 e. The summed E-state index contributed by atoms with van der Waals surface area (Å²) in [6.07, 6.45) is 1.56. The highest BCUT2D eigenvalue weighted by Crippen LogP contribution is 2.32. The Balaban J connectivity index is 1.42. The van der Waals surface area contributed by atoms with Crippen LogP contribution in [0.15, 0.2) is 71.9 Å². The van der Waals surface area contributed by atoms with E-state index in [1.807, 2.05) is 42.5 Å². The number of esters is 1. The molecule has 0 spiro atoms. The van der Waals surface area contributed by atoms with Crippen LogP contribution >= 0.6 is 0 Å². The van der Waals surface area contributed by atoms with Gasteiger partial charge in [0.15, 0.2) is 5.88 Å². The maximum Gasteiger partial charge on any atom is 0.356 e. The summed E-state index contributed by atoms with van der Waals surface area (Å²) < 4.78 is 4.79. The second-order valence-electron chi connectivity index (χ2n) is 9.86. The standard InChI is InChI=1S/C30H34N6O3/c1-34-13-16-36(17-14-34)18-15-35(2)23-11-9-22(10-12-23)32-28(21-7-5-4-6-8-21)27-24-20-31-26(30(38)39-3)19-25(24)33-29(27)37/h4-12,19-20,33,37H,13-18H2,1-3H3. The Hall–Kier alpha value is -4.21. The molecule has 1 aliphatic heterocycles. The molecule has 0 bridgehead atoms. The van der Waals surface area contributed by atoms with Crippen molar-refractivity contribution in [3.8, 4) is 5.88 Å². The van der Waals surface area contributed by atoms with Crippen LogP contribution < -0.4 is 4.90 Å². The zero-order chi connectivity index (χ0) is 27.4. The number of likely N-dealkylation sites (N-methyl/N-ethyl adjacent to an activating group) is 2. The number of nitrogens with one attached hydrogen (secondary N) is 1. The summed E-state index contributed by atoms with van der Waals surface area (Å²) in [5.74, 6) is -0.588. The predicted octanol–water partition coefficient (Wildman–Crippen LogP) is 3.91. The number of anilines is 1. The highest BCUT2D eigenvalue weighted by atomic mass is 16.5. The highest BCUT2D eigenvalue weighted by Gasteiger charge is 2.21. The molecule has 1 fully saturated rings. The summed E-state index contributed by atoms with van der Waals surface area (Å²) >= 11 is 0. The van der Waals surface area contributed by atoms with Gasteiger partial charge in [-0.05, 0) is 37.4 Å². The van der Waals surface area contributed by atoms with Crippen molar-refractivity contribution in [1.82, 2.24) is 19.8 Å². The third kappa shape index (κ3) is 5.94. The monoisotopic (exact) mass is 526 g/mol. The number of ether oxygens (including phenoxy) is 1. The van der Waals surface area contributed by atoms with E-state index in [1.54, 1.807) is 12.3 Å². The number of H-pyrrole nitrogens is 1. The van der Waals surface area contributed by atoms with Crippen molar-refractivity contribution in [2.75, 3.05) is 65.4 Å². The fraction of sp³-hybridized carbons (Fsp3) is 0.300. The lowest BCUT2D eigenvalue weighted by molar-refractivity contribution is 0.0594. The van der Waals surface area contributed by atoms with Crippen LogP contribution in [0.2, 0.25) is 0 Å². The van der Waals surface area contributed by atoms with Crippen molar-refractivity contribution in [2.45, 2.75) is 0 Å². The molecule has 9 heteroatoms. The SMILES string of the molecule is COC(=O)c1cc2[nH]c(O)c(C(=Nc3ccc(N(C)CCN4CCN(C)CC4)cc3)c3ccccc3)c2cn1. The van der Waals surface area contributed by atoms with E-state index in [0.29, 0.717) is 22.2 Å². The van der Waals surface area contributed by atoms with E-state index in [1.165, 1.54) is 7.11 Å². The second kappa shape index (κ2) is 11.7. The molecular formula is C30H34N6O3. The maximum absolute atomic E-state index is 12.0. The zero-order valence-corrected chi connectivity index (χ0v) is 22.6. The molecule has 1 aliphatic rings. The lowest BCUT2D eigenvalue weighted by Gasteiger charge is -2.33. The number of aromatic nitrogens is 2. The summed E-state index contributed by atoms with van der Waals surface area (Å²) in [7, 11) is 5.60. The fourth-order valence-corrected chi connectivity index (χ4v) is 4.80. The molecule has 0 radical (unpaired) electrons. The topological polar surface area (TPSA) is 97.3 Å². The van der Waals surface area contributed by atoms with Crippen molar-refractivity contribution in [3.05, 3.63) is 83.7 Å². The van der Waals surface area contributed by atoms with Crippen LogP contribution in [0.1, 0.15) is 21.6 Å². The van der Waals surface area contributed by atoms with Gasteiger partial charge in [-0.2, -0.15) is 0 Å². The Bertz CT molecular complexity index is 1460. The number of hydrogen-bond acceptors (Lipinski definition) is 8. The first-order valence-electron chi connectivity index (χ1n) is 13.1. The number of nitrogens with zero attached hydrogens (tertiary/aromatic N) is 5. The molecule has 5 rings (SSSR count). The summed E-state index contributed by atoms with van der Waals surface area (Å²) in [6, 6.07) is 19.4. The minimum atomic E-state index is -0.543. The molecule has 0 atom stereocenters. The Morgan fingerprint density at radius 1 is 1.10 bits per heavy atom. The number of carbonyl (C=O) groups excluding carboxylic acids is 1. The highest BCUT2D eigenvalue weighted by molar-refractivity contribution is 6.22. The average molecular weight is 527 g/mol. The molecule has 0 amide bonds.